The number of hydrogen-bond donors (Lipinski definition) is 1. The highest BCUT2D eigenvalue weighted by Gasteiger charge is 2.35. The van der Waals surface area contributed by atoms with Gasteiger partial charge in [-0.25, -0.2) is 4.39 Å². The molecular formula is C18H19FN2O. The molecule has 1 amide bonds. The summed E-state index contributed by atoms with van der Waals surface area (Å²) < 4.78 is 13.2. The Hall–Kier alpha value is -2.23. The summed E-state index contributed by atoms with van der Waals surface area (Å²) in [7, 11) is 0. The summed E-state index contributed by atoms with van der Waals surface area (Å²) in [6, 6.07) is 10.1. The number of halogens is 1. The van der Waals surface area contributed by atoms with Crippen LogP contribution in [-0.4, -0.2) is 17.4 Å². The maximum atomic E-state index is 13.2. The molecule has 3 nitrogen and oxygen atoms in total. The normalized spacial score (nSPS) is 16.4. The van der Waals surface area contributed by atoms with Crippen LogP contribution in [0.4, 0.5) is 4.39 Å². The largest absolute Gasteiger partial charge is 0.351 e. The summed E-state index contributed by atoms with van der Waals surface area (Å²) in [5.74, 6) is -0.312. The molecule has 1 aliphatic carbocycles. The van der Waals surface area contributed by atoms with Crippen molar-refractivity contribution >= 4 is 5.91 Å². The van der Waals surface area contributed by atoms with Crippen LogP contribution in [0.2, 0.25) is 0 Å². The molecule has 0 bridgehead atoms. The van der Waals surface area contributed by atoms with Crippen LogP contribution in [0, 0.1) is 5.82 Å². The van der Waals surface area contributed by atoms with Crippen molar-refractivity contribution in [2.24, 2.45) is 0 Å². The molecule has 0 aliphatic heterocycles. The van der Waals surface area contributed by atoms with Crippen LogP contribution < -0.4 is 5.32 Å². The van der Waals surface area contributed by atoms with E-state index in [0.29, 0.717) is 12.1 Å². The Morgan fingerprint density at radius 2 is 1.73 bits per heavy atom. The third kappa shape index (κ3) is 3.01. The van der Waals surface area contributed by atoms with Gasteiger partial charge in [-0.2, -0.15) is 0 Å². The number of amides is 1. The molecule has 1 aliphatic rings. The average Bonchev–Trinajstić information content (AvgIpc) is 3.04. The lowest BCUT2D eigenvalue weighted by molar-refractivity contribution is 0.0943. The summed E-state index contributed by atoms with van der Waals surface area (Å²) in [5.41, 5.74) is 1.65. The molecule has 1 aromatic heterocycles. The van der Waals surface area contributed by atoms with E-state index in [0.717, 1.165) is 31.2 Å². The molecule has 22 heavy (non-hydrogen) atoms. The molecule has 1 aromatic carbocycles. The van der Waals surface area contributed by atoms with Crippen molar-refractivity contribution in [1.82, 2.24) is 10.3 Å². The predicted octanol–water partition coefficient (Wildman–Crippen LogP) is 3.46. The molecule has 3 rings (SSSR count). The summed E-state index contributed by atoms with van der Waals surface area (Å²) in [4.78, 5) is 16.1. The van der Waals surface area contributed by atoms with E-state index in [1.54, 1.807) is 24.5 Å². The van der Waals surface area contributed by atoms with E-state index in [-0.39, 0.29) is 17.1 Å². The van der Waals surface area contributed by atoms with E-state index in [1.165, 1.54) is 12.1 Å². The molecule has 4 heteroatoms. The van der Waals surface area contributed by atoms with E-state index in [9.17, 15) is 9.18 Å². The number of benzene rings is 1. The van der Waals surface area contributed by atoms with E-state index in [4.69, 9.17) is 0 Å². The van der Waals surface area contributed by atoms with Gasteiger partial charge in [0.15, 0.2) is 0 Å². The first-order chi connectivity index (χ1) is 10.7. The predicted molar refractivity (Wildman–Crippen MR) is 83.1 cm³/mol. The van der Waals surface area contributed by atoms with E-state index in [2.05, 4.69) is 10.3 Å². The summed E-state index contributed by atoms with van der Waals surface area (Å²) in [6.45, 7) is 0.583. The highest BCUT2D eigenvalue weighted by molar-refractivity contribution is 5.94. The second-order valence-electron chi connectivity index (χ2n) is 5.91. The van der Waals surface area contributed by atoms with Gasteiger partial charge in [0.1, 0.15) is 5.82 Å². The van der Waals surface area contributed by atoms with Crippen molar-refractivity contribution in [1.29, 1.82) is 0 Å². The SMILES string of the molecule is O=C(NCC1(c2ccc(F)cc2)CCCC1)c1ccncc1. The Morgan fingerprint density at radius 1 is 1.09 bits per heavy atom. The van der Waals surface area contributed by atoms with Gasteiger partial charge in [-0.15, -0.1) is 0 Å². The fourth-order valence-electron chi connectivity index (χ4n) is 3.28. The number of hydrogen-bond acceptors (Lipinski definition) is 2. The first kappa shape index (κ1) is 14.7. The van der Waals surface area contributed by atoms with E-state index >= 15 is 0 Å². The Labute approximate surface area is 129 Å². The first-order valence-corrected chi connectivity index (χ1v) is 7.64. The first-order valence-electron chi connectivity index (χ1n) is 7.64. The fraction of sp³-hybridized carbons (Fsp3) is 0.333. The van der Waals surface area contributed by atoms with Crippen LogP contribution in [0.15, 0.2) is 48.8 Å². The summed E-state index contributed by atoms with van der Waals surface area (Å²) in [6.07, 6.45) is 7.55. The molecule has 0 unspecified atom stereocenters. The average molecular weight is 298 g/mol. The van der Waals surface area contributed by atoms with Crippen LogP contribution in [-0.2, 0) is 5.41 Å². The molecule has 114 valence electrons. The van der Waals surface area contributed by atoms with Crippen molar-refractivity contribution < 1.29 is 9.18 Å². The van der Waals surface area contributed by atoms with E-state index in [1.807, 2.05) is 12.1 Å². The molecule has 2 aromatic rings. The number of nitrogens with zero attached hydrogens (tertiary/aromatic N) is 1. The van der Waals surface area contributed by atoms with Crippen LogP contribution in [0.25, 0.3) is 0 Å². The van der Waals surface area contributed by atoms with Crippen molar-refractivity contribution in [2.75, 3.05) is 6.54 Å². The smallest absolute Gasteiger partial charge is 0.251 e. The number of pyridine rings is 1. The monoisotopic (exact) mass is 298 g/mol. The number of rotatable bonds is 4. The second kappa shape index (κ2) is 6.26. The van der Waals surface area contributed by atoms with Gasteiger partial charge >= 0.3 is 0 Å². The second-order valence-corrected chi connectivity index (χ2v) is 5.91. The molecule has 0 spiro atoms. The highest BCUT2D eigenvalue weighted by atomic mass is 19.1. The van der Waals surface area contributed by atoms with Gasteiger partial charge in [-0.05, 0) is 42.7 Å². The fourth-order valence-corrected chi connectivity index (χ4v) is 3.28. The van der Waals surface area contributed by atoms with Gasteiger partial charge in [0.2, 0.25) is 0 Å². The summed E-state index contributed by atoms with van der Waals surface area (Å²) in [5, 5.41) is 3.03. The lowest BCUT2D eigenvalue weighted by Crippen LogP contribution is -2.39. The topological polar surface area (TPSA) is 42.0 Å². The zero-order valence-electron chi connectivity index (χ0n) is 12.4. The van der Waals surface area contributed by atoms with Crippen LogP contribution in [0.3, 0.4) is 0 Å². The van der Waals surface area contributed by atoms with Crippen LogP contribution >= 0.6 is 0 Å². The Morgan fingerprint density at radius 3 is 2.36 bits per heavy atom. The maximum absolute atomic E-state index is 13.2. The molecule has 1 fully saturated rings. The Balaban J connectivity index is 1.75. The molecule has 1 saturated carbocycles. The Bertz CT molecular complexity index is 634. The van der Waals surface area contributed by atoms with Crippen molar-refractivity contribution in [2.45, 2.75) is 31.1 Å². The lowest BCUT2D eigenvalue weighted by Gasteiger charge is -2.30. The maximum Gasteiger partial charge on any atom is 0.251 e. The van der Waals surface area contributed by atoms with Crippen molar-refractivity contribution in [3.05, 3.63) is 65.7 Å². The lowest BCUT2D eigenvalue weighted by atomic mass is 9.78. The van der Waals surface area contributed by atoms with Crippen LogP contribution in [0.1, 0.15) is 41.6 Å². The molecule has 0 radical (unpaired) electrons. The molecule has 1 heterocycles. The molecular weight excluding hydrogens is 279 g/mol. The minimum atomic E-state index is -0.224. The zero-order valence-corrected chi connectivity index (χ0v) is 12.4. The zero-order chi connectivity index (χ0) is 15.4. The van der Waals surface area contributed by atoms with Gasteiger partial charge in [0, 0.05) is 29.9 Å². The third-order valence-corrected chi connectivity index (χ3v) is 4.55. The van der Waals surface area contributed by atoms with E-state index < -0.39 is 0 Å². The van der Waals surface area contributed by atoms with Gasteiger partial charge in [0.05, 0.1) is 0 Å². The van der Waals surface area contributed by atoms with Gasteiger partial charge in [0.25, 0.3) is 5.91 Å². The van der Waals surface area contributed by atoms with Crippen LogP contribution in [0.5, 0.6) is 0 Å². The van der Waals surface area contributed by atoms with Crippen molar-refractivity contribution in [3.8, 4) is 0 Å². The minimum absolute atomic E-state index is 0.0730. The number of carbonyl (C=O) groups excluding carboxylic acids is 1. The number of aromatic nitrogens is 1. The van der Waals surface area contributed by atoms with Crippen molar-refractivity contribution in [3.63, 3.8) is 0 Å². The third-order valence-electron chi connectivity index (χ3n) is 4.55. The minimum Gasteiger partial charge on any atom is -0.351 e. The quantitative estimate of drug-likeness (QED) is 0.939. The molecule has 1 N–H and O–H groups in total. The number of nitrogens with one attached hydrogen (secondary N) is 1. The Kier molecular flexibility index (Phi) is 4.18. The summed E-state index contributed by atoms with van der Waals surface area (Å²) >= 11 is 0. The standard InChI is InChI=1S/C18H19FN2O/c19-16-5-3-15(4-6-16)18(9-1-2-10-18)13-21-17(22)14-7-11-20-12-8-14/h3-8,11-12H,1-2,9-10,13H2,(H,21,22). The van der Waals surface area contributed by atoms with Gasteiger partial charge < -0.3 is 5.32 Å². The molecule has 0 saturated heterocycles. The highest BCUT2D eigenvalue weighted by Crippen LogP contribution is 2.40. The number of carbonyl (C=O) groups is 1. The molecule has 0 atom stereocenters. The van der Waals surface area contributed by atoms with Gasteiger partial charge in [-0.1, -0.05) is 25.0 Å². The van der Waals surface area contributed by atoms with Gasteiger partial charge in [-0.3, -0.25) is 9.78 Å².